The maximum absolute atomic E-state index is 12.0. The molecule has 5 heteroatoms. The number of nitrogens with zero attached hydrogens (tertiary/aromatic N) is 1. The predicted molar refractivity (Wildman–Crippen MR) is 72.0 cm³/mol. The van der Waals surface area contributed by atoms with Crippen LogP contribution in [0, 0.1) is 0 Å². The topological polar surface area (TPSA) is 48.3 Å². The van der Waals surface area contributed by atoms with Gasteiger partial charge in [-0.3, -0.25) is 9.59 Å². The van der Waals surface area contributed by atoms with Crippen molar-refractivity contribution in [2.45, 2.75) is 26.3 Å². The number of esters is 1. The number of unbranched alkanes of at least 4 members (excludes halogenated alkanes) is 1. The van der Waals surface area contributed by atoms with E-state index in [2.05, 4.69) is 0 Å². The molecule has 0 spiro atoms. The molecule has 0 aliphatic carbocycles. The Bertz CT molecular complexity index is 600. The second-order valence-electron chi connectivity index (χ2n) is 4.02. The molecule has 2 aromatic heterocycles. The van der Waals surface area contributed by atoms with E-state index in [0.29, 0.717) is 12.0 Å². The van der Waals surface area contributed by atoms with Gasteiger partial charge in [0.05, 0.1) is 12.0 Å². The number of fused-ring (bicyclic) bond motifs is 1. The van der Waals surface area contributed by atoms with E-state index in [9.17, 15) is 9.59 Å². The van der Waals surface area contributed by atoms with E-state index in [1.807, 2.05) is 18.4 Å². The minimum Gasteiger partial charge on any atom is -0.464 e. The van der Waals surface area contributed by atoms with Crippen LogP contribution in [0.25, 0.3) is 10.1 Å². The maximum Gasteiger partial charge on any atom is 0.326 e. The predicted octanol–water partition coefficient (Wildman–Crippen LogP) is 2.41. The molecule has 0 saturated heterocycles. The lowest BCUT2D eigenvalue weighted by Gasteiger charge is -2.06. The first-order chi connectivity index (χ1) is 8.72. The van der Waals surface area contributed by atoms with Crippen molar-refractivity contribution in [3.63, 3.8) is 0 Å². The van der Waals surface area contributed by atoms with Gasteiger partial charge in [-0.25, -0.2) is 0 Å². The fourth-order valence-electron chi connectivity index (χ4n) is 1.65. The highest BCUT2D eigenvalue weighted by atomic mass is 32.1. The number of hydrogen-bond donors (Lipinski definition) is 0. The largest absolute Gasteiger partial charge is 0.464 e. The second kappa shape index (κ2) is 5.82. The summed E-state index contributed by atoms with van der Waals surface area (Å²) in [6.07, 6.45) is 3.47. The number of carbonyl (C=O) groups is 1. The second-order valence-corrected chi connectivity index (χ2v) is 4.97. The smallest absolute Gasteiger partial charge is 0.326 e. The van der Waals surface area contributed by atoms with E-state index in [1.54, 1.807) is 12.3 Å². The van der Waals surface area contributed by atoms with Crippen molar-refractivity contribution in [1.29, 1.82) is 0 Å². The van der Waals surface area contributed by atoms with Crippen molar-refractivity contribution in [3.05, 3.63) is 34.1 Å². The van der Waals surface area contributed by atoms with Crippen molar-refractivity contribution in [2.75, 3.05) is 6.61 Å². The monoisotopic (exact) mass is 265 g/mol. The van der Waals surface area contributed by atoms with E-state index in [-0.39, 0.29) is 18.1 Å². The molecule has 2 aromatic rings. The van der Waals surface area contributed by atoms with Crippen LogP contribution in [0.5, 0.6) is 0 Å². The van der Waals surface area contributed by atoms with Crippen LogP contribution in [0.4, 0.5) is 0 Å². The van der Waals surface area contributed by atoms with Crippen LogP contribution in [0.3, 0.4) is 0 Å². The van der Waals surface area contributed by atoms with Gasteiger partial charge in [0.25, 0.3) is 5.56 Å². The van der Waals surface area contributed by atoms with E-state index in [0.717, 1.165) is 17.5 Å². The van der Waals surface area contributed by atoms with Gasteiger partial charge in [-0.2, -0.15) is 0 Å². The summed E-state index contributed by atoms with van der Waals surface area (Å²) in [7, 11) is 0. The summed E-state index contributed by atoms with van der Waals surface area (Å²) >= 11 is 1.52. The third kappa shape index (κ3) is 2.79. The Kier molecular flexibility index (Phi) is 4.15. The summed E-state index contributed by atoms with van der Waals surface area (Å²) < 4.78 is 7.37. The highest BCUT2D eigenvalue weighted by molar-refractivity contribution is 7.17. The van der Waals surface area contributed by atoms with Gasteiger partial charge >= 0.3 is 5.97 Å². The molecule has 0 N–H and O–H groups in total. The van der Waals surface area contributed by atoms with Crippen molar-refractivity contribution >= 4 is 27.4 Å². The van der Waals surface area contributed by atoms with Crippen LogP contribution >= 0.6 is 11.3 Å². The number of thiophene rings is 1. The molecule has 4 nitrogen and oxygen atoms in total. The minimum atomic E-state index is -0.361. The van der Waals surface area contributed by atoms with E-state index < -0.39 is 0 Å². The van der Waals surface area contributed by atoms with Crippen LogP contribution in [0.1, 0.15) is 19.8 Å². The molecule has 96 valence electrons. The molecule has 2 heterocycles. The third-order valence-corrected chi connectivity index (χ3v) is 3.53. The van der Waals surface area contributed by atoms with E-state index in [4.69, 9.17) is 4.74 Å². The standard InChI is InChI=1S/C13H15NO3S/c1-2-3-7-17-12(15)9-14-6-4-11-10(13(14)16)5-8-18-11/h4-6,8H,2-3,7,9H2,1H3. The van der Waals surface area contributed by atoms with Gasteiger partial charge in [-0.05, 0) is 23.9 Å². The highest BCUT2D eigenvalue weighted by Gasteiger charge is 2.08. The number of ether oxygens (including phenoxy) is 1. The molecule has 0 aromatic carbocycles. The molecule has 0 radical (unpaired) electrons. The Labute approximate surface area is 109 Å². The van der Waals surface area contributed by atoms with Crippen LogP contribution < -0.4 is 5.56 Å². The summed E-state index contributed by atoms with van der Waals surface area (Å²) in [5.41, 5.74) is -0.138. The average molecular weight is 265 g/mol. The van der Waals surface area contributed by atoms with Gasteiger partial charge < -0.3 is 9.30 Å². The number of aromatic nitrogens is 1. The molecule has 0 aliphatic heterocycles. The van der Waals surface area contributed by atoms with Gasteiger partial charge in [-0.1, -0.05) is 13.3 Å². The summed E-state index contributed by atoms with van der Waals surface area (Å²) in [5.74, 6) is -0.361. The average Bonchev–Trinajstić information content (AvgIpc) is 2.82. The first-order valence-corrected chi connectivity index (χ1v) is 6.82. The third-order valence-electron chi connectivity index (χ3n) is 2.65. The maximum atomic E-state index is 12.0. The molecule has 0 atom stereocenters. The van der Waals surface area contributed by atoms with Crippen LogP contribution in [0.2, 0.25) is 0 Å². The summed E-state index contributed by atoms with van der Waals surface area (Å²) in [6.45, 7) is 2.43. The van der Waals surface area contributed by atoms with E-state index >= 15 is 0 Å². The van der Waals surface area contributed by atoms with Crippen molar-refractivity contribution in [1.82, 2.24) is 4.57 Å². The lowest BCUT2D eigenvalue weighted by atomic mass is 10.3. The summed E-state index contributed by atoms with van der Waals surface area (Å²) in [4.78, 5) is 23.6. The lowest BCUT2D eigenvalue weighted by molar-refractivity contribution is -0.144. The first kappa shape index (κ1) is 12.8. The highest BCUT2D eigenvalue weighted by Crippen LogP contribution is 2.16. The fraction of sp³-hybridized carbons (Fsp3) is 0.385. The van der Waals surface area contributed by atoms with Crippen LogP contribution in [-0.2, 0) is 16.1 Å². The van der Waals surface area contributed by atoms with Gasteiger partial charge in [0.15, 0.2) is 0 Å². The van der Waals surface area contributed by atoms with Crippen molar-refractivity contribution < 1.29 is 9.53 Å². The van der Waals surface area contributed by atoms with E-state index in [1.165, 1.54) is 15.9 Å². The summed E-state index contributed by atoms with van der Waals surface area (Å²) in [5, 5.41) is 2.53. The SMILES string of the molecule is CCCCOC(=O)Cn1ccc2sccc2c1=O. The molecular formula is C13H15NO3S. The number of carbonyl (C=O) groups excluding carboxylic acids is 1. The van der Waals surface area contributed by atoms with Gasteiger partial charge in [0.2, 0.25) is 0 Å². The molecule has 0 bridgehead atoms. The quantitative estimate of drug-likeness (QED) is 0.616. The fourth-order valence-corrected chi connectivity index (χ4v) is 2.42. The zero-order chi connectivity index (χ0) is 13.0. The zero-order valence-electron chi connectivity index (χ0n) is 10.2. The Morgan fingerprint density at radius 1 is 1.44 bits per heavy atom. The first-order valence-electron chi connectivity index (χ1n) is 5.94. The Balaban J connectivity index is 2.09. The number of pyridine rings is 1. The molecule has 18 heavy (non-hydrogen) atoms. The Hall–Kier alpha value is -1.62. The lowest BCUT2D eigenvalue weighted by Crippen LogP contribution is -2.24. The normalized spacial score (nSPS) is 10.7. The number of rotatable bonds is 5. The number of hydrogen-bond acceptors (Lipinski definition) is 4. The molecular weight excluding hydrogens is 250 g/mol. The van der Waals surface area contributed by atoms with Gasteiger partial charge in [0.1, 0.15) is 6.54 Å². The minimum absolute atomic E-state index is 0.0195. The zero-order valence-corrected chi connectivity index (χ0v) is 11.0. The van der Waals surface area contributed by atoms with Gasteiger partial charge in [-0.15, -0.1) is 11.3 Å². The molecule has 2 rings (SSSR count). The molecule has 0 aliphatic rings. The van der Waals surface area contributed by atoms with Gasteiger partial charge in [0, 0.05) is 10.9 Å². The Morgan fingerprint density at radius 2 is 2.28 bits per heavy atom. The molecule has 0 unspecified atom stereocenters. The molecule has 0 saturated carbocycles. The molecule has 0 fully saturated rings. The van der Waals surface area contributed by atoms with Crippen molar-refractivity contribution in [2.24, 2.45) is 0 Å². The van der Waals surface area contributed by atoms with Crippen molar-refractivity contribution in [3.8, 4) is 0 Å². The van der Waals surface area contributed by atoms with Crippen LogP contribution in [-0.4, -0.2) is 17.1 Å². The molecule has 0 amide bonds. The summed E-state index contributed by atoms with van der Waals surface area (Å²) in [6, 6.07) is 3.63. The van der Waals surface area contributed by atoms with Crippen LogP contribution in [0.15, 0.2) is 28.5 Å². The Morgan fingerprint density at radius 3 is 3.06 bits per heavy atom.